The van der Waals surface area contributed by atoms with Crippen LogP contribution in [0, 0.1) is 5.92 Å². The Labute approximate surface area is 163 Å². The van der Waals surface area contributed by atoms with Crippen molar-refractivity contribution in [3.63, 3.8) is 0 Å². The number of carbonyl (C=O) groups excluding carboxylic acids is 2. The van der Waals surface area contributed by atoms with E-state index in [1.165, 1.54) is 0 Å². The Morgan fingerprint density at radius 2 is 1.82 bits per heavy atom. The van der Waals surface area contributed by atoms with E-state index >= 15 is 0 Å². The molecule has 1 atom stereocenters. The first-order chi connectivity index (χ1) is 13.7. The van der Waals surface area contributed by atoms with Crippen molar-refractivity contribution in [3.05, 3.63) is 72.4 Å². The number of carbonyl (C=O) groups is 2. The number of para-hydroxylation sites is 1. The van der Waals surface area contributed by atoms with E-state index in [1.54, 1.807) is 4.68 Å². The van der Waals surface area contributed by atoms with Gasteiger partial charge in [-0.05, 0) is 18.6 Å². The fourth-order valence-electron chi connectivity index (χ4n) is 3.27. The smallest absolute Gasteiger partial charge is 0.311 e. The predicted molar refractivity (Wildman–Crippen MR) is 105 cm³/mol. The number of amides is 1. The molecule has 1 fully saturated rings. The second-order valence-electron chi connectivity index (χ2n) is 6.80. The van der Waals surface area contributed by atoms with Crippen LogP contribution in [0.2, 0.25) is 0 Å². The van der Waals surface area contributed by atoms with E-state index in [9.17, 15) is 9.59 Å². The molecule has 0 radical (unpaired) electrons. The molecule has 2 aromatic carbocycles. The van der Waals surface area contributed by atoms with Crippen LogP contribution < -0.4 is 5.32 Å². The number of nitrogens with zero attached hydrogens (tertiary/aromatic N) is 2. The molecule has 1 aliphatic rings. The number of nitrogens with one attached hydrogen (secondary N) is 1. The standard InChI is InChI=1S/C22H21N3O3/c26-20-12-11-17(13-23-20)22(27)28-15-18-14-25(19-9-5-2-6-10-19)24-21(18)16-7-3-1-4-8-16/h1-10,14,17H,11-13,15H2,(H,23,26)/t17-/m1/s1. The molecule has 142 valence electrons. The summed E-state index contributed by atoms with van der Waals surface area (Å²) >= 11 is 0. The maximum atomic E-state index is 12.4. The minimum atomic E-state index is -0.290. The minimum absolute atomic E-state index is 0.0143. The van der Waals surface area contributed by atoms with Gasteiger partial charge in [-0.15, -0.1) is 0 Å². The highest BCUT2D eigenvalue weighted by molar-refractivity contribution is 5.81. The number of hydrogen-bond donors (Lipinski definition) is 1. The molecule has 0 unspecified atom stereocenters. The lowest BCUT2D eigenvalue weighted by atomic mass is 9.99. The summed E-state index contributed by atoms with van der Waals surface area (Å²) in [4.78, 5) is 23.7. The fourth-order valence-corrected chi connectivity index (χ4v) is 3.27. The van der Waals surface area contributed by atoms with Crippen LogP contribution in [0.5, 0.6) is 0 Å². The van der Waals surface area contributed by atoms with Gasteiger partial charge >= 0.3 is 5.97 Å². The van der Waals surface area contributed by atoms with Gasteiger partial charge in [-0.1, -0.05) is 48.5 Å². The second kappa shape index (κ2) is 8.08. The lowest BCUT2D eigenvalue weighted by Crippen LogP contribution is -2.39. The third kappa shape index (κ3) is 3.96. The monoisotopic (exact) mass is 375 g/mol. The third-order valence-corrected chi connectivity index (χ3v) is 4.83. The molecular weight excluding hydrogens is 354 g/mol. The van der Waals surface area contributed by atoms with Gasteiger partial charge in [0.15, 0.2) is 0 Å². The lowest BCUT2D eigenvalue weighted by molar-refractivity contribution is -0.151. The highest BCUT2D eigenvalue weighted by atomic mass is 16.5. The quantitative estimate of drug-likeness (QED) is 0.696. The highest BCUT2D eigenvalue weighted by Crippen LogP contribution is 2.25. The van der Waals surface area contributed by atoms with Crippen molar-refractivity contribution < 1.29 is 14.3 Å². The molecule has 1 aromatic heterocycles. The van der Waals surface area contributed by atoms with E-state index in [-0.39, 0.29) is 24.4 Å². The number of rotatable bonds is 5. The molecule has 28 heavy (non-hydrogen) atoms. The van der Waals surface area contributed by atoms with Gasteiger partial charge in [0, 0.05) is 30.3 Å². The molecule has 2 heterocycles. The Bertz CT molecular complexity index is 957. The number of piperidine rings is 1. The van der Waals surface area contributed by atoms with Crippen molar-refractivity contribution >= 4 is 11.9 Å². The van der Waals surface area contributed by atoms with Crippen LogP contribution in [0.25, 0.3) is 16.9 Å². The van der Waals surface area contributed by atoms with Crippen molar-refractivity contribution in [3.8, 4) is 16.9 Å². The van der Waals surface area contributed by atoms with Crippen molar-refractivity contribution in [1.82, 2.24) is 15.1 Å². The summed E-state index contributed by atoms with van der Waals surface area (Å²) in [6.45, 7) is 0.479. The summed E-state index contributed by atoms with van der Waals surface area (Å²) in [7, 11) is 0. The molecule has 4 rings (SSSR count). The normalized spacial score (nSPS) is 16.4. The summed E-state index contributed by atoms with van der Waals surface area (Å²) in [6, 6.07) is 19.6. The van der Waals surface area contributed by atoms with Gasteiger partial charge in [0.2, 0.25) is 5.91 Å². The maximum Gasteiger partial charge on any atom is 0.311 e. The minimum Gasteiger partial charge on any atom is -0.460 e. The topological polar surface area (TPSA) is 73.2 Å². The Hall–Kier alpha value is -3.41. The van der Waals surface area contributed by atoms with Crippen molar-refractivity contribution in [1.29, 1.82) is 0 Å². The largest absolute Gasteiger partial charge is 0.460 e. The summed E-state index contributed by atoms with van der Waals surface area (Å²) in [5.74, 6) is -0.590. The first-order valence-corrected chi connectivity index (χ1v) is 9.33. The van der Waals surface area contributed by atoms with E-state index in [0.29, 0.717) is 19.4 Å². The second-order valence-corrected chi connectivity index (χ2v) is 6.80. The molecule has 6 nitrogen and oxygen atoms in total. The Balaban J connectivity index is 1.56. The first-order valence-electron chi connectivity index (χ1n) is 9.33. The number of aromatic nitrogens is 2. The van der Waals surface area contributed by atoms with Crippen LogP contribution in [-0.2, 0) is 20.9 Å². The molecule has 0 aliphatic carbocycles. The third-order valence-electron chi connectivity index (χ3n) is 4.83. The lowest BCUT2D eigenvalue weighted by Gasteiger charge is -2.20. The van der Waals surface area contributed by atoms with Crippen LogP contribution in [-0.4, -0.2) is 28.2 Å². The van der Waals surface area contributed by atoms with Crippen molar-refractivity contribution in [2.45, 2.75) is 19.4 Å². The zero-order valence-corrected chi connectivity index (χ0v) is 15.4. The Kier molecular flexibility index (Phi) is 5.19. The number of ether oxygens (including phenoxy) is 1. The number of hydrogen-bond acceptors (Lipinski definition) is 4. The van der Waals surface area contributed by atoms with Gasteiger partial charge < -0.3 is 10.1 Å². The van der Waals surface area contributed by atoms with Crippen LogP contribution in [0.15, 0.2) is 66.9 Å². The molecule has 1 N–H and O–H groups in total. The molecule has 3 aromatic rings. The SMILES string of the molecule is O=C1CC[C@@H](C(=O)OCc2cn(-c3ccccc3)nc2-c2ccccc2)CN1. The average Bonchev–Trinajstić information content (AvgIpc) is 3.18. The van der Waals surface area contributed by atoms with Gasteiger partial charge in [-0.2, -0.15) is 5.10 Å². The molecule has 1 saturated heterocycles. The van der Waals surface area contributed by atoms with Gasteiger partial charge in [0.05, 0.1) is 17.3 Å². The Morgan fingerprint density at radius 1 is 1.11 bits per heavy atom. The first kappa shape index (κ1) is 18.0. The summed E-state index contributed by atoms with van der Waals surface area (Å²) in [5, 5.41) is 7.44. The summed E-state index contributed by atoms with van der Waals surface area (Å²) in [5.41, 5.74) is 3.53. The zero-order chi connectivity index (χ0) is 19.3. The van der Waals surface area contributed by atoms with E-state index in [1.807, 2.05) is 66.9 Å². The predicted octanol–water partition coefficient (Wildman–Crippen LogP) is 3.11. The van der Waals surface area contributed by atoms with Gasteiger partial charge in [0.1, 0.15) is 6.61 Å². The fraction of sp³-hybridized carbons (Fsp3) is 0.227. The van der Waals surface area contributed by atoms with Crippen LogP contribution >= 0.6 is 0 Å². The molecule has 1 aliphatic heterocycles. The maximum absolute atomic E-state index is 12.4. The molecule has 0 bridgehead atoms. The van der Waals surface area contributed by atoms with Crippen LogP contribution in [0.3, 0.4) is 0 Å². The van der Waals surface area contributed by atoms with Gasteiger partial charge in [-0.3, -0.25) is 9.59 Å². The average molecular weight is 375 g/mol. The zero-order valence-electron chi connectivity index (χ0n) is 15.4. The Morgan fingerprint density at radius 3 is 2.50 bits per heavy atom. The van der Waals surface area contributed by atoms with Crippen LogP contribution in [0.4, 0.5) is 0 Å². The van der Waals surface area contributed by atoms with E-state index < -0.39 is 0 Å². The molecule has 0 saturated carbocycles. The van der Waals surface area contributed by atoms with E-state index in [4.69, 9.17) is 9.84 Å². The molecule has 6 heteroatoms. The molecular formula is C22H21N3O3. The van der Waals surface area contributed by atoms with Gasteiger partial charge in [0.25, 0.3) is 0 Å². The van der Waals surface area contributed by atoms with Crippen molar-refractivity contribution in [2.24, 2.45) is 5.92 Å². The van der Waals surface area contributed by atoms with E-state index in [0.717, 1.165) is 22.5 Å². The molecule has 0 spiro atoms. The van der Waals surface area contributed by atoms with Gasteiger partial charge in [-0.25, -0.2) is 4.68 Å². The number of esters is 1. The van der Waals surface area contributed by atoms with Crippen molar-refractivity contribution in [2.75, 3.05) is 6.54 Å². The highest BCUT2D eigenvalue weighted by Gasteiger charge is 2.26. The summed E-state index contributed by atoms with van der Waals surface area (Å²) in [6.07, 6.45) is 2.79. The molecule has 1 amide bonds. The van der Waals surface area contributed by atoms with Crippen LogP contribution in [0.1, 0.15) is 18.4 Å². The van der Waals surface area contributed by atoms with E-state index in [2.05, 4.69) is 5.32 Å². The number of benzene rings is 2. The summed E-state index contributed by atoms with van der Waals surface area (Å²) < 4.78 is 7.37.